The number of aromatic amines is 1. The van der Waals surface area contributed by atoms with Crippen LogP contribution in [-0.2, 0) is 0 Å². The van der Waals surface area contributed by atoms with Gasteiger partial charge in [-0.05, 0) is 24.3 Å². The molecule has 0 radical (unpaired) electrons. The van der Waals surface area contributed by atoms with Gasteiger partial charge in [-0.3, -0.25) is 9.89 Å². The molecule has 1 heterocycles. The predicted octanol–water partition coefficient (Wildman–Crippen LogP) is 2.73. The van der Waals surface area contributed by atoms with Gasteiger partial charge in [0.25, 0.3) is 5.91 Å². The Morgan fingerprint density at radius 2 is 2.05 bits per heavy atom. The van der Waals surface area contributed by atoms with Gasteiger partial charge in [0.2, 0.25) is 0 Å². The standard InChI is InChI=1S/C16H14N4O2/c1-22-14-8-3-2-7-13(14)16(21)19-12-6-4-5-11(9-12)15-17-10-18-20-15/h2-10H,1H3,(H,19,21)(H,17,18,20). The zero-order chi connectivity index (χ0) is 15.4. The van der Waals surface area contributed by atoms with Crippen molar-refractivity contribution in [3.8, 4) is 17.1 Å². The number of amides is 1. The molecule has 2 aromatic carbocycles. The van der Waals surface area contributed by atoms with Crippen LogP contribution < -0.4 is 10.1 Å². The molecule has 22 heavy (non-hydrogen) atoms. The summed E-state index contributed by atoms with van der Waals surface area (Å²) in [5.41, 5.74) is 2.00. The molecular weight excluding hydrogens is 280 g/mol. The minimum atomic E-state index is -0.229. The number of H-pyrrole nitrogens is 1. The van der Waals surface area contributed by atoms with E-state index in [0.717, 1.165) is 5.56 Å². The van der Waals surface area contributed by atoms with Crippen molar-refractivity contribution in [1.82, 2.24) is 15.2 Å². The van der Waals surface area contributed by atoms with Crippen molar-refractivity contribution < 1.29 is 9.53 Å². The van der Waals surface area contributed by atoms with Gasteiger partial charge in [0, 0.05) is 11.3 Å². The highest BCUT2D eigenvalue weighted by atomic mass is 16.5. The molecule has 6 nitrogen and oxygen atoms in total. The summed E-state index contributed by atoms with van der Waals surface area (Å²) in [4.78, 5) is 16.5. The number of ether oxygens (including phenoxy) is 1. The number of hydrogen-bond donors (Lipinski definition) is 2. The Morgan fingerprint density at radius 3 is 2.82 bits per heavy atom. The Balaban J connectivity index is 1.84. The van der Waals surface area contributed by atoms with E-state index in [1.165, 1.54) is 13.4 Å². The zero-order valence-electron chi connectivity index (χ0n) is 11.9. The Labute approximate surface area is 127 Å². The van der Waals surface area contributed by atoms with Crippen LogP contribution in [0.5, 0.6) is 5.75 Å². The molecule has 110 valence electrons. The Kier molecular flexibility index (Phi) is 3.82. The molecule has 0 unspecified atom stereocenters. The molecule has 3 rings (SSSR count). The average Bonchev–Trinajstić information content (AvgIpc) is 3.09. The molecule has 0 saturated carbocycles. The third-order valence-corrected chi connectivity index (χ3v) is 3.16. The molecule has 0 aliphatic heterocycles. The molecule has 3 aromatic rings. The summed E-state index contributed by atoms with van der Waals surface area (Å²) in [7, 11) is 1.54. The molecule has 0 bridgehead atoms. The maximum absolute atomic E-state index is 12.4. The first kappa shape index (κ1) is 13.8. The highest BCUT2D eigenvalue weighted by Crippen LogP contribution is 2.22. The smallest absolute Gasteiger partial charge is 0.259 e. The van der Waals surface area contributed by atoms with Crippen molar-refractivity contribution in [2.75, 3.05) is 12.4 Å². The van der Waals surface area contributed by atoms with Crippen LogP contribution in [0.25, 0.3) is 11.4 Å². The van der Waals surface area contributed by atoms with E-state index in [-0.39, 0.29) is 5.91 Å². The topological polar surface area (TPSA) is 79.9 Å². The lowest BCUT2D eigenvalue weighted by Crippen LogP contribution is -2.13. The second-order valence-corrected chi connectivity index (χ2v) is 4.57. The Bertz CT molecular complexity index is 784. The van der Waals surface area contributed by atoms with Crippen molar-refractivity contribution in [1.29, 1.82) is 0 Å². The number of rotatable bonds is 4. The van der Waals surface area contributed by atoms with Crippen molar-refractivity contribution in [2.24, 2.45) is 0 Å². The summed E-state index contributed by atoms with van der Waals surface area (Å²) < 4.78 is 5.20. The normalized spacial score (nSPS) is 10.2. The number of anilines is 1. The van der Waals surface area contributed by atoms with Crippen LogP contribution in [-0.4, -0.2) is 28.2 Å². The molecule has 1 aromatic heterocycles. The minimum Gasteiger partial charge on any atom is -0.496 e. The highest BCUT2D eigenvalue weighted by molar-refractivity contribution is 6.06. The van der Waals surface area contributed by atoms with Gasteiger partial charge < -0.3 is 10.1 Å². The van der Waals surface area contributed by atoms with E-state index in [1.54, 1.807) is 18.2 Å². The summed E-state index contributed by atoms with van der Waals surface area (Å²) in [6, 6.07) is 14.5. The fraction of sp³-hybridized carbons (Fsp3) is 0.0625. The minimum absolute atomic E-state index is 0.229. The van der Waals surface area contributed by atoms with E-state index in [0.29, 0.717) is 22.8 Å². The predicted molar refractivity (Wildman–Crippen MR) is 82.8 cm³/mol. The summed E-state index contributed by atoms with van der Waals surface area (Å²) in [5.74, 6) is 0.951. The van der Waals surface area contributed by atoms with Crippen LogP contribution in [0.4, 0.5) is 5.69 Å². The summed E-state index contributed by atoms with van der Waals surface area (Å²) in [6.45, 7) is 0. The second-order valence-electron chi connectivity index (χ2n) is 4.57. The van der Waals surface area contributed by atoms with Gasteiger partial charge >= 0.3 is 0 Å². The van der Waals surface area contributed by atoms with E-state index >= 15 is 0 Å². The summed E-state index contributed by atoms with van der Waals surface area (Å²) >= 11 is 0. The number of nitrogens with zero attached hydrogens (tertiary/aromatic N) is 2. The molecule has 0 aliphatic rings. The van der Waals surface area contributed by atoms with E-state index in [9.17, 15) is 4.79 Å². The average molecular weight is 294 g/mol. The molecule has 0 saturated heterocycles. The number of benzene rings is 2. The molecular formula is C16H14N4O2. The molecule has 1 amide bonds. The monoisotopic (exact) mass is 294 g/mol. The quantitative estimate of drug-likeness (QED) is 0.775. The second kappa shape index (κ2) is 6.09. The first-order valence-corrected chi connectivity index (χ1v) is 6.68. The first-order valence-electron chi connectivity index (χ1n) is 6.68. The third-order valence-electron chi connectivity index (χ3n) is 3.16. The first-order chi connectivity index (χ1) is 10.8. The highest BCUT2D eigenvalue weighted by Gasteiger charge is 2.12. The molecule has 2 N–H and O–H groups in total. The molecule has 0 spiro atoms. The van der Waals surface area contributed by atoms with Crippen LogP contribution >= 0.6 is 0 Å². The van der Waals surface area contributed by atoms with E-state index in [1.807, 2.05) is 30.3 Å². The lowest BCUT2D eigenvalue weighted by Gasteiger charge is -2.09. The fourth-order valence-electron chi connectivity index (χ4n) is 2.12. The van der Waals surface area contributed by atoms with Gasteiger partial charge in [-0.15, -0.1) is 0 Å². The van der Waals surface area contributed by atoms with Gasteiger partial charge in [0.05, 0.1) is 12.7 Å². The molecule has 0 aliphatic carbocycles. The van der Waals surface area contributed by atoms with E-state index in [4.69, 9.17) is 4.74 Å². The largest absolute Gasteiger partial charge is 0.496 e. The van der Waals surface area contributed by atoms with Gasteiger partial charge in [0.15, 0.2) is 5.82 Å². The number of aromatic nitrogens is 3. The fourth-order valence-corrected chi connectivity index (χ4v) is 2.12. The van der Waals surface area contributed by atoms with Crippen molar-refractivity contribution in [3.63, 3.8) is 0 Å². The van der Waals surface area contributed by atoms with Gasteiger partial charge in [-0.25, -0.2) is 4.98 Å². The van der Waals surface area contributed by atoms with Crippen molar-refractivity contribution >= 4 is 11.6 Å². The number of nitrogens with one attached hydrogen (secondary N) is 2. The van der Waals surface area contributed by atoms with Crippen LogP contribution in [0.15, 0.2) is 54.9 Å². The zero-order valence-corrected chi connectivity index (χ0v) is 11.9. The maximum Gasteiger partial charge on any atom is 0.259 e. The van der Waals surface area contributed by atoms with Crippen LogP contribution in [0.2, 0.25) is 0 Å². The van der Waals surface area contributed by atoms with Crippen molar-refractivity contribution in [2.45, 2.75) is 0 Å². The van der Waals surface area contributed by atoms with Crippen molar-refractivity contribution in [3.05, 3.63) is 60.4 Å². The molecule has 0 fully saturated rings. The number of methoxy groups -OCH3 is 1. The number of carbonyl (C=O) groups excluding carboxylic acids is 1. The summed E-state index contributed by atoms with van der Waals surface area (Å²) in [6.07, 6.45) is 1.44. The molecule has 0 atom stereocenters. The Hall–Kier alpha value is -3.15. The number of carbonyl (C=O) groups is 1. The van der Waals surface area contributed by atoms with Crippen LogP contribution in [0, 0.1) is 0 Å². The molecule has 6 heteroatoms. The van der Waals surface area contributed by atoms with E-state index < -0.39 is 0 Å². The van der Waals surface area contributed by atoms with Gasteiger partial charge in [0.1, 0.15) is 12.1 Å². The maximum atomic E-state index is 12.4. The van der Waals surface area contributed by atoms with E-state index in [2.05, 4.69) is 20.5 Å². The third kappa shape index (κ3) is 2.80. The van der Waals surface area contributed by atoms with Crippen LogP contribution in [0.1, 0.15) is 10.4 Å². The van der Waals surface area contributed by atoms with Gasteiger partial charge in [-0.2, -0.15) is 5.10 Å². The van der Waals surface area contributed by atoms with Crippen LogP contribution in [0.3, 0.4) is 0 Å². The Morgan fingerprint density at radius 1 is 1.18 bits per heavy atom. The lowest BCUT2D eigenvalue weighted by atomic mass is 10.1. The summed E-state index contributed by atoms with van der Waals surface area (Å²) in [5, 5.41) is 9.46. The lowest BCUT2D eigenvalue weighted by molar-refractivity contribution is 0.102. The number of hydrogen-bond acceptors (Lipinski definition) is 4. The number of para-hydroxylation sites is 1. The van der Waals surface area contributed by atoms with Gasteiger partial charge in [-0.1, -0.05) is 24.3 Å². The SMILES string of the molecule is COc1ccccc1C(=O)Nc1cccc(-c2ncn[nH]2)c1.